The number of nitrogens with two attached hydrogens (primary N) is 1. The van der Waals surface area contributed by atoms with Gasteiger partial charge < -0.3 is 15.8 Å². The molecule has 0 aliphatic heterocycles. The van der Waals surface area contributed by atoms with Crippen molar-refractivity contribution in [1.29, 1.82) is 0 Å². The van der Waals surface area contributed by atoms with E-state index in [4.69, 9.17) is 10.5 Å². The number of hydrogen-bond donors (Lipinski definition) is 2. The van der Waals surface area contributed by atoms with Gasteiger partial charge in [0.25, 0.3) is 5.91 Å². The Morgan fingerprint density at radius 3 is 3.00 bits per heavy atom. The van der Waals surface area contributed by atoms with Crippen LogP contribution in [-0.4, -0.2) is 25.6 Å². The second-order valence-electron chi connectivity index (χ2n) is 4.96. The minimum absolute atomic E-state index is 0.0605. The highest BCUT2D eigenvalue weighted by Crippen LogP contribution is 2.17. The van der Waals surface area contributed by atoms with E-state index in [1.54, 1.807) is 12.1 Å². The number of ether oxygens (including phenoxy) is 1. The summed E-state index contributed by atoms with van der Waals surface area (Å²) in [6.45, 7) is 1.56. The van der Waals surface area contributed by atoms with E-state index in [0.717, 1.165) is 12.8 Å². The maximum atomic E-state index is 12.1. The minimum Gasteiger partial charge on any atom is -0.492 e. The van der Waals surface area contributed by atoms with Crippen molar-refractivity contribution >= 4 is 5.91 Å². The molecule has 1 aliphatic carbocycles. The van der Waals surface area contributed by atoms with Gasteiger partial charge in [-0.05, 0) is 43.9 Å². The van der Waals surface area contributed by atoms with Crippen LogP contribution in [-0.2, 0) is 0 Å². The molecule has 108 valence electrons. The lowest BCUT2D eigenvalue weighted by Gasteiger charge is -2.13. The van der Waals surface area contributed by atoms with Gasteiger partial charge in [0, 0.05) is 18.7 Å². The van der Waals surface area contributed by atoms with Crippen molar-refractivity contribution < 1.29 is 9.53 Å². The summed E-state index contributed by atoms with van der Waals surface area (Å²) in [4.78, 5) is 12.1. The van der Waals surface area contributed by atoms with E-state index in [1.165, 1.54) is 18.4 Å². The van der Waals surface area contributed by atoms with Crippen LogP contribution in [0.5, 0.6) is 5.75 Å². The van der Waals surface area contributed by atoms with Gasteiger partial charge in [0.15, 0.2) is 0 Å². The standard InChI is InChI=1S/C16H22N2O2/c17-9-10-20-15-8-4-7-14(11-15)16(19)18-12-13-5-2-1-3-6-13/h4-5,7-8,11H,1-3,6,9-10,12,17H2,(H,18,19). The number of carbonyl (C=O) groups excluding carboxylic acids is 1. The van der Waals surface area contributed by atoms with Crippen molar-refractivity contribution in [3.05, 3.63) is 41.5 Å². The molecule has 4 heteroatoms. The van der Waals surface area contributed by atoms with Gasteiger partial charge in [-0.3, -0.25) is 4.79 Å². The van der Waals surface area contributed by atoms with Gasteiger partial charge in [-0.2, -0.15) is 0 Å². The fraction of sp³-hybridized carbons (Fsp3) is 0.438. The first-order valence-corrected chi connectivity index (χ1v) is 7.18. The highest BCUT2D eigenvalue weighted by Gasteiger charge is 2.09. The topological polar surface area (TPSA) is 64.3 Å². The summed E-state index contributed by atoms with van der Waals surface area (Å²) >= 11 is 0. The summed E-state index contributed by atoms with van der Waals surface area (Å²) in [6.07, 6.45) is 6.96. The van der Waals surface area contributed by atoms with Crippen LogP contribution in [0.25, 0.3) is 0 Å². The van der Waals surface area contributed by atoms with Gasteiger partial charge in [-0.1, -0.05) is 17.7 Å². The molecule has 0 unspecified atom stereocenters. The number of carbonyl (C=O) groups is 1. The van der Waals surface area contributed by atoms with Crippen molar-refractivity contribution in [3.63, 3.8) is 0 Å². The Hall–Kier alpha value is -1.81. The van der Waals surface area contributed by atoms with Crippen LogP contribution in [0.3, 0.4) is 0 Å². The molecule has 0 fully saturated rings. The number of allylic oxidation sites excluding steroid dienone is 1. The maximum Gasteiger partial charge on any atom is 0.251 e. The molecule has 3 N–H and O–H groups in total. The van der Waals surface area contributed by atoms with Crippen LogP contribution in [0.2, 0.25) is 0 Å². The van der Waals surface area contributed by atoms with Gasteiger partial charge in [-0.25, -0.2) is 0 Å². The van der Waals surface area contributed by atoms with Crippen molar-refractivity contribution in [2.75, 3.05) is 19.7 Å². The SMILES string of the molecule is NCCOc1cccc(C(=O)NCC2=CCCCC2)c1. The average molecular weight is 274 g/mol. The van der Waals surface area contributed by atoms with Crippen LogP contribution >= 0.6 is 0 Å². The molecule has 1 aliphatic rings. The third kappa shape index (κ3) is 4.38. The summed E-state index contributed by atoms with van der Waals surface area (Å²) < 4.78 is 5.42. The lowest BCUT2D eigenvalue weighted by Crippen LogP contribution is -2.26. The third-order valence-corrected chi connectivity index (χ3v) is 3.34. The van der Waals surface area contributed by atoms with E-state index in [1.807, 2.05) is 12.1 Å². The van der Waals surface area contributed by atoms with E-state index in [9.17, 15) is 4.79 Å². The monoisotopic (exact) mass is 274 g/mol. The molecule has 0 radical (unpaired) electrons. The number of hydrogen-bond acceptors (Lipinski definition) is 3. The minimum atomic E-state index is -0.0605. The Bertz CT molecular complexity index is 483. The van der Waals surface area contributed by atoms with Crippen LogP contribution in [0.4, 0.5) is 0 Å². The molecule has 0 atom stereocenters. The van der Waals surface area contributed by atoms with Crippen LogP contribution in [0.15, 0.2) is 35.9 Å². The normalized spacial score (nSPS) is 14.6. The van der Waals surface area contributed by atoms with Gasteiger partial charge in [0.1, 0.15) is 12.4 Å². The molecule has 0 saturated carbocycles. The molecular weight excluding hydrogens is 252 g/mol. The van der Waals surface area contributed by atoms with Crippen LogP contribution in [0.1, 0.15) is 36.0 Å². The van der Waals surface area contributed by atoms with Crippen molar-refractivity contribution in [1.82, 2.24) is 5.32 Å². The quantitative estimate of drug-likeness (QED) is 0.782. The zero-order valence-electron chi connectivity index (χ0n) is 11.7. The smallest absolute Gasteiger partial charge is 0.251 e. The van der Waals surface area contributed by atoms with E-state index >= 15 is 0 Å². The van der Waals surface area contributed by atoms with Crippen molar-refractivity contribution in [2.24, 2.45) is 5.73 Å². The summed E-state index contributed by atoms with van der Waals surface area (Å²) in [6, 6.07) is 7.19. The predicted molar refractivity (Wildman–Crippen MR) is 79.9 cm³/mol. The van der Waals surface area contributed by atoms with Gasteiger partial charge >= 0.3 is 0 Å². The zero-order chi connectivity index (χ0) is 14.2. The molecule has 0 aromatic heterocycles. The molecule has 20 heavy (non-hydrogen) atoms. The second-order valence-corrected chi connectivity index (χ2v) is 4.96. The van der Waals surface area contributed by atoms with Gasteiger partial charge in [-0.15, -0.1) is 0 Å². The van der Waals surface area contributed by atoms with E-state index < -0.39 is 0 Å². The molecule has 1 amide bonds. The summed E-state index contributed by atoms with van der Waals surface area (Å²) in [5, 5.41) is 2.96. The predicted octanol–water partition coefficient (Wildman–Crippen LogP) is 2.25. The third-order valence-electron chi connectivity index (χ3n) is 3.34. The number of amides is 1. The highest BCUT2D eigenvalue weighted by atomic mass is 16.5. The molecule has 1 aromatic rings. The Balaban J connectivity index is 1.89. The molecule has 0 saturated heterocycles. The summed E-state index contributed by atoms with van der Waals surface area (Å²) in [5.74, 6) is 0.620. The molecule has 2 rings (SSSR count). The molecular formula is C16H22N2O2. The van der Waals surface area contributed by atoms with Crippen molar-refractivity contribution in [2.45, 2.75) is 25.7 Å². The van der Waals surface area contributed by atoms with Crippen LogP contribution in [0, 0.1) is 0 Å². The van der Waals surface area contributed by atoms with E-state index in [0.29, 0.717) is 31.0 Å². The van der Waals surface area contributed by atoms with Gasteiger partial charge in [0.05, 0.1) is 0 Å². The first-order valence-electron chi connectivity index (χ1n) is 7.18. The second kappa shape index (κ2) is 7.70. The van der Waals surface area contributed by atoms with E-state index in [2.05, 4.69) is 11.4 Å². The number of benzene rings is 1. The highest BCUT2D eigenvalue weighted by molar-refractivity contribution is 5.94. The average Bonchev–Trinajstić information content (AvgIpc) is 2.52. The molecule has 0 spiro atoms. The molecule has 4 nitrogen and oxygen atoms in total. The number of nitrogens with one attached hydrogen (secondary N) is 1. The lowest BCUT2D eigenvalue weighted by atomic mass is 9.99. The summed E-state index contributed by atoms with van der Waals surface area (Å²) in [7, 11) is 0. The Labute approximate surface area is 120 Å². The Morgan fingerprint density at radius 1 is 1.35 bits per heavy atom. The number of rotatable bonds is 6. The Morgan fingerprint density at radius 2 is 2.25 bits per heavy atom. The lowest BCUT2D eigenvalue weighted by molar-refractivity contribution is 0.0956. The fourth-order valence-electron chi connectivity index (χ4n) is 2.26. The molecule has 0 heterocycles. The molecule has 1 aromatic carbocycles. The van der Waals surface area contributed by atoms with Crippen molar-refractivity contribution in [3.8, 4) is 5.75 Å². The first-order chi connectivity index (χ1) is 9.79. The van der Waals surface area contributed by atoms with Gasteiger partial charge in [0.2, 0.25) is 0 Å². The first kappa shape index (κ1) is 14.6. The molecule has 0 bridgehead atoms. The van der Waals surface area contributed by atoms with E-state index in [-0.39, 0.29) is 5.91 Å². The van der Waals surface area contributed by atoms with Crippen LogP contribution < -0.4 is 15.8 Å². The largest absolute Gasteiger partial charge is 0.492 e. The summed E-state index contributed by atoms with van der Waals surface area (Å²) in [5.41, 5.74) is 7.35. The Kier molecular flexibility index (Phi) is 5.62. The maximum absolute atomic E-state index is 12.1. The zero-order valence-corrected chi connectivity index (χ0v) is 11.7. The fourth-order valence-corrected chi connectivity index (χ4v) is 2.26.